The molecular weight excluding hydrogens is 530 g/mol. The lowest BCUT2D eigenvalue weighted by Crippen LogP contribution is -2.57. The largest absolute Gasteiger partial charge is 0.465 e. The Kier molecular flexibility index (Phi) is 11.9. The minimum atomic E-state index is -0.869. The normalized spacial score (nSPS) is 20.8. The topological polar surface area (TPSA) is 88.6 Å². The van der Waals surface area contributed by atoms with Crippen LogP contribution in [-0.4, -0.2) is 114 Å². The van der Waals surface area contributed by atoms with Crippen molar-refractivity contribution in [2.75, 3.05) is 53.4 Å². The molecule has 1 saturated carbocycles. The van der Waals surface area contributed by atoms with E-state index in [9.17, 15) is 14.7 Å². The Morgan fingerprint density at radius 3 is 2.15 bits per heavy atom. The molecule has 0 radical (unpaired) electrons. The van der Waals surface area contributed by atoms with E-state index in [1.807, 2.05) is 36.4 Å². The van der Waals surface area contributed by atoms with Crippen LogP contribution in [0.25, 0.3) is 0 Å². The van der Waals surface area contributed by atoms with Crippen molar-refractivity contribution in [2.24, 2.45) is 0 Å². The van der Waals surface area contributed by atoms with Gasteiger partial charge in [-0.25, -0.2) is 4.79 Å². The summed E-state index contributed by atoms with van der Waals surface area (Å²) in [6, 6.07) is 8.61. The van der Waals surface area contributed by atoms with Crippen LogP contribution in [0.3, 0.4) is 0 Å². The van der Waals surface area contributed by atoms with Gasteiger partial charge in [-0.05, 0) is 62.6 Å². The van der Waals surface area contributed by atoms with Crippen LogP contribution >= 0.6 is 11.6 Å². The second kappa shape index (κ2) is 15.4. The molecule has 1 atom stereocenters. The molecule has 3 aliphatic rings. The second-order valence-electron chi connectivity index (χ2n) is 11.7. The van der Waals surface area contributed by atoms with Gasteiger partial charge in [0.2, 0.25) is 5.91 Å². The first kappa shape index (κ1) is 31.0. The molecule has 2 heterocycles. The van der Waals surface area contributed by atoms with Gasteiger partial charge in [-0.15, -0.1) is 0 Å². The Labute approximate surface area is 244 Å². The second-order valence-corrected chi connectivity index (χ2v) is 12.2. The molecule has 2 amide bonds. The lowest BCUT2D eigenvalue weighted by Gasteiger charge is -2.44. The summed E-state index contributed by atoms with van der Waals surface area (Å²) < 4.78 is 0. The Hall–Kier alpha value is -1.91. The number of carbonyl (C=O) groups excluding carboxylic acids is 1. The summed E-state index contributed by atoms with van der Waals surface area (Å²) in [6.45, 7) is 4.39. The van der Waals surface area contributed by atoms with Crippen LogP contribution < -0.4 is 5.32 Å². The van der Waals surface area contributed by atoms with E-state index in [0.29, 0.717) is 49.5 Å². The molecule has 1 aliphatic carbocycles. The molecule has 0 unspecified atom stereocenters. The predicted molar refractivity (Wildman–Crippen MR) is 158 cm³/mol. The molecule has 0 aromatic heterocycles. The van der Waals surface area contributed by atoms with E-state index >= 15 is 0 Å². The summed E-state index contributed by atoms with van der Waals surface area (Å²) in [5, 5.41) is 15.5. The van der Waals surface area contributed by atoms with Gasteiger partial charge in [-0.2, -0.15) is 5.06 Å². The summed E-state index contributed by atoms with van der Waals surface area (Å²) >= 11 is 6.11. The summed E-state index contributed by atoms with van der Waals surface area (Å²) in [7, 11) is 3.71. The highest BCUT2D eigenvalue weighted by atomic mass is 35.5. The van der Waals surface area contributed by atoms with Crippen molar-refractivity contribution in [1.29, 1.82) is 0 Å². The number of piperidine rings is 2. The van der Waals surface area contributed by atoms with Crippen LogP contribution in [0.5, 0.6) is 0 Å². The summed E-state index contributed by atoms with van der Waals surface area (Å²) in [6.07, 6.45) is 9.62. The van der Waals surface area contributed by atoms with E-state index in [1.165, 1.54) is 37.0 Å². The van der Waals surface area contributed by atoms with Crippen molar-refractivity contribution >= 4 is 23.6 Å². The zero-order valence-corrected chi connectivity index (χ0v) is 25.0. The van der Waals surface area contributed by atoms with E-state index < -0.39 is 6.09 Å². The SMILES string of the molecule is CON(C)CCN(C1CCCCC1)C1CCN(C(=O)[C@@H](Cc2ccc(Cl)cc2)NC2CCN(C(=O)O)CC2)CC1. The van der Waals surface area contributed by atoms with E-state index in [2.05, 4.69) is 15.1 Å². The zero-order valence-electron chi connectivity index (χ0n) is 24.3. The molecule has 1 aromatic carbocycles. The molecule has 2 aliphatic heterocycles. The van der Waals surface area contributed by atoms with Gasteiger partial charge in [0.15, 0.2) is 0 Å². The third-order valence-corrected chi connectivity index (χ3v) is 9.38. The Balaban J connectivity index is 1.39. The van der Waals surface area contributed by atoms with Crippen molar-refractivity contribution in [3.05, 3.63) is 34.9 Å². The fourth-order valence-corrected chi connectivity index (χ4v) is 6.78. The maximum absolute atomic E-state index is 13.9. The van der Waals surface area contributed by atoms with Crippen LogP contribution in [0, 0.1) is 0 Å². The molecular formula is C30H48ClN5O4. The number of amides is 2. The zero-order chi connectivity index (χ0) is 28.5. The van der Waals surface area contributed by atoms with E-state index in [1.54, 1.807) is 7.11 Å². The van der Waals surface area contributed by atoms with Gasteiger partial charge < -0.3 is 25.1 Å². The first-order chi connectivity index (χ1) is 19.3. The number of hydrogen-bond donors (Lipinski definition) is 2. The highest BCUT2D eigenvalue weighted by Gasteiger charge is 2.35. The average molecular weight is 578 g/mol. The van der Waals surface area contributed by atoms with Crippen molar-refractivity contribution in [3.63, 3.8) is 0 Å². The number of hydroxylamine groups is 2. The molecule has 0 spiro atoms. The minimum Gasteiger partial charge on any atom is -0.465 e. The van der Waals surface area contributed by atoms with Crippen molar-refractivity contribution < 1.29 is 19.5 Å². The molecule has 10 heteroatoms. The van der Waals surface area contributed by atoms with Gasteiger partial charge in [0.05, 0.1) is 13.2 Å². The quantitative estimate of drug-likeness (QED) is 0.383. The van der Waals surface area contributed by atoms with Crippen molar-refractivity contribution in [1.82, 2.24) is 25.1 Å². The molecule has 2 saturated heterocycles. The summed E-state index contributed by atoms with van der Waals surface area (Å²) in [5.41, 5.74) is 1.07. The first-order valence-corrected chi connectivity index (χ1v) is 15.5. The van der Waals surface area contributed by atoms with Gasteiger partial charge in [0.25, 0.3) is 0 Å². The van der Waals surface area contributed by atoms with Crippen LogP contribution in [-0.2, 0) is 16.1 Å². The standard InChI is InChI=1S/C30H48ClN5O4/c1-33(40-2)20-21-36(26-6-4-3-5-7-26)27-14-18-34(19-15-27)29(37)28(22-23-8-10-24(31)11-9-23)32-25-12-16-35(17-13-25)30(38)39/h8-11,25-28,32H,3-7,12-22H2,1-2H3,(H,38,39)/t28-/m1/s1. The maximum atomic E-state index is 13.9. The van der Waals surface area contributed by atoms with Gasteiger partial charge in [0, 0.05) is 69.5 Å². The molecule has 40 heavy (non-hydrogen) atoms. The first-order valence-electron chi connectivity index (χ1n) is 15.1. The lowest BCUT2D eigenvalue weighted by atomic mass is 9.91. The number of rotatable bonds is 11. The van der Waals surface area contributed by atoms with E-state index in [0.717, 1.165) is 44.6 Å². The smallest absolute Gasteiger partial charge is 0.407 e. The summed E-state index contributed by atoms with van der Waals surface area (Å²) in [4.78, 5) is 36.9. The lowest BCUT2D eigenvalue weighted by molar-refractivity contribution is -0.136. The van der Waals surface area contributed by atoms with Crippen LogP contribution in [0.15, 0.2) is 24.3 Å². The number of benzene rings is 1. The molecule has 224 valence electrons. The monoisotopic (exact) mass is 577 g/mol. The van der Waals surface area contributed by atoms with Crippen LogP contribution in [0.4, 0.5) is 4.79 Å². The molecule has 0 bridgehead atoms. The Bertz CT molecular complexity index is 929. The van der Waals surface area contributed by atoms with Crippen molar-refractivity contribution in [3.8, 4) is 0 Å². The third-order valence-electron chi connectivity index (χ3n) is 9.13. The number of carbonyl (C=O) groups is 2. The Morgan fingerprint density at radius 1 is 0.950 bits per heavy atom. The molecule has 2 N–H and O–H groups in total. The van der Waals surface area contributed by atoms with E-state index in [4.69, 9.17) is 16.4 Å². The Morgan fingerprint density at radius 2 is 1.55 bits per heavy atom. The van der Waals surface area contributed by atoms with E-state index in [-0.39, 0.29) is 18.0 Å². The summed E-state index contributed by atoms with van der Waals surface area (Å²) in [5.74, 6) is 0.150. The number of likely N-dealkylation sites (N-methyl/N-ethyl adjacent to an activating group) is 1. The fraction of sp³-hybridized carbons (Fsp3) is 0.733. The van der Waals surface area contributed by atoms with Crippen molar-refractivity contribution in [2.45, 2.75) is 88.4 Å². The number of nitrogens with one attached hydrogen (secondary N) is 1. The number of likely N-dealkylation sites (tertiary alicyclic amines) is 2. The number of nitrogens with zero attached hydrogens (tertiary/aromatic N) is 4. The predicted octanol–water partition coefficient (Wildman–Crippen LogP) is 4.10. The van der Waals surface area contributed by atoms with Gasteiger partial charge in [-0.1, -0.05) is 43.0 Å². The number of carboxylic acid groups (broad SMARTS) is 1. The van der Waals surface area contributed by atoms with Crippen LogP contribution in [0.1, 0.15) is 63.4 Å². The molecule has 4 rings (SSSR count). The molecule has 9 nitrogen and oxygen atoms in total. The highest BCUT2D eigenvalue weighted by Crippen LogP contribution is 2.28. The van der Waals surface area contributed by atoms with Crippen LogP contribution in [0.2, 0.25) is 5.02 Å². The minimum absolute atomic E-state index is 0.119. The fourth-order valence-electron chi connectivity index (χ4n) is 6.66. The maximum Gasteiger partial charge on any atom is 0.407 e. The molecule has 3 fully saturated rings. The highest BCUT2D eigenvalue weighted by molar-refractivity contribution is 6.30. The number of hydrogen-bond acceptors (Lipinski definition) is 6. The average Bonchev–Trinajstić information content (AvgIpc) is 2.98. The van der Waals surface area contributed by atoms with Gasteiger partial charge in [0.1, 0.15) is 0 Å². The molecule has 1 aromatic rings. The third kappa shape index (κ3) is 8.79. The number of halogens is 1. The van der Waals surface area contributed by atoms with Gasteiger partial charge >= 0.3 is 6.09 Å². The van der Waals surface area contributed by atoms with Gasteiger partial charge in [-0.3, -0.25) is 9.69 Å².